The Kier molecular flexibility index (Phi) is 6.13. The second kappa shape index (κ2) is 8.93. The van der Waals surface area contributed by atoms with E-state index in [1.54, 1.807) is 4.90 Å². The topological polar surface area (TPSA) is 95.1 Å². The molecule has 0 aliphatic carbocycles. The average molecular weight is 355 g/mol. The molecule has 0 saturated carbocycles. The molecule has 1 aliphatic rings. The number of hydrogen-bond donors (Lipinski definition) is 3. The third-order valence-electron chi connectivity index (χ3n) is 4.06. The Balaban J connectivity index is 1.43. The van der Waals surface area contributed by atoms with Gasteiger partial charge in [0.25, 0.3) is 0 Å². The van der Waals surface area contributed by atoms with Gasteiger partial charge in [-0.25, -0.2) is 9.59 Å². The normalized spacial score (nSPS) is 14.5. The molecule has 2 aromatic carbocycles. The molecule has 0 aromatic heterocycles. The summed E-state index contributed by atoms with van der Waals surface area (Å²) in [5.74, 6) is 0. The van der Waals surface area contributed by atoms with E-state index in [1.165, 1.54) is 0 Å². The van der Waals surface area contributed by atoms with E-state index in [-0.39, 0.29) is 6.03 Å². The summed E-state index contributed by atoms with van der Waals surface area (Å²) in [7, 11) is 0. The molecule has 1 aliphatic heterocycles. The van der Waals surface area contributed by atoms with Crippen molar-refractivity contribution >= 4 is 29.2 Å². The molecule has 8 heteroatoms. The van der Waals surface area contributed by atoms with E-state index in [0.29, 0.717) is 19.6 Å². The predicted octanol–water partition coefficient (Wildman–Crippen LogP) is 1.62. The summed E-state index contributed by atoms with van der Waals surface area (Å²) in [5, 5.41) is 7.81. The van der Waals surface area contributed by atoms with Crippen LogP contribution in [-0.4, -0.2) is 49.5 Å². The van der Waals surface area contributed by atoms with Crippen molar-refractivity contribution in [2.75, 3.05) is 26.2 Å². The van der Waals surface area contributed by atoms with Crippen molar-refractivity contribution in [1.29, 1.82) is 0 Å². The molecule has 136 valence electrons. The molecule has 0 atom stereocenters. The highest BCUT2D eigenvalue weighted by Crippen LogP contribution is 2.18. The summed E-state index contributed by atoms with van der Waals surface area (Å²) in [6, 6.07) is 13.6. The van der Waals surface area contributed by atoms with Crippen LogP contribution in [0.3, 0.4) is 0 Å². The molecule has 1 heterocycles. The minimum absolute atomic E-state index is 0.285. The third-order valence-corrected chi connectivity index (χ3v) is 4.06. The van der Waals surface area contributed by atoms with Gasteiger partial charge in [-0.15, -0.1) is 5.48 Å². The number of nitrogens with one attached hydrogen (secondary N) is 3. The van der Waals surface area contributed by atoms with Gasteiger partial charge in [0.2, 0.25) is 0 Å². The highest BCUT2D eigenvalue weighted by molar-refractivity contribution is 5.90. The van der Waals surface area contributed by atoms with E-state index in [2.05, 4.69) is 21.1 Å². The third kappa shape index (κ3) is 4.78. The van der Waals surface area contributed by atoms with E-state index in [0.717, 1.165) is 35.8 Å². The lowest BCUT2D eigenvalue weighted by Crippen LogP contribution is -2.49. The number of hydrogen-bond acceptors (Lipinski definition) is 5. The van der Waals surface area contributed by atoms with E-state index in [9.17, 15) is 9.59 Å². The van der Waals surface area contributed by atoms with E-state index in [4.69, 9.17) is 4.84 Å². The van der Waals surface area contributed by atoms with Crippen LogP contribution in [-0.2, 0) is 11.4 Å². The standard InChI is InChI=1S/C18H21N5O3/c24-17(23-10-8-19-9-11-23)20-13-21-18(25)26-22-12-15-6-3-5-14-4-1-2-7-16(14)15/h1-7,13,19,22H,8-12H2,(H,20,21,24,25). The molecule has 8 nitrogen and oxygen atoms in total. The molecule has 1 saturated heterocycles. The first-order chi connectivity index (χ1) is 12.7. The molecule has 3 rings (SSSR count). The van der Waals surface area contributed by atoms with E-state index in [1.807, 2.05) is 42.5 Å². The summed E-state index contributed by atoms with van der Waals surface area (Å²) in [6.07, 6.45) is 0.220. The first-order valence-corrected chi connectivity index (χ1v) is 8.43. The van der Waals surface area contributed by atoms with Gasteiger partial charge in [-0.05, 0) is 16.3 Å². The summed E-state index contributed by atoms with van der Waals surface area (Å²) in [6.45, 7) is 3.11. The number of urea groups is 1. The summed E-state index contributed by atoms with van der Waals surface area (Å²) >= 11 is 0. The van der Waals surface area contributed by atoms with Crippen LogP contribution in [0, 0.1) is 0 Å². The molecule has 0 spiro atoms. The van der Waals surface area contributed by atoms with Crippen molar-refractivity contribution in [3.63, 3.8) is 0 Å². The molecule has 3 N–H and O–H groups in total. The lowest BCUT2D eigenvalue weighted by Gasteiger charge is -2.26. The maximum atomic E-state index is 11.8. The quantitative estimate of drug-likeness (QED) is 0.440. The Hall–Kier alpha value is -2.97. The van der Waals surface area contributed by atoms with Crippen LogP contribution in [0.5, 0.6) is 0 Å². The first kappa shape index (κ1) is 17.8. The van der Waals surface area contributed by atoms with Crippen LogP contribution in [0.2, 0.25) is 0 Å². The molecular formula is C18H21N5O3. The smallest absolute Gasteiger partial charge is 0.352 e. The number of hydroxylamine groups is 1. The fourth-order valence-corrected chi connectivity index (χ4v) is 2.75. The number of carbonyl (C=O) groups excluding carboxylic acids is 2. The molecule has 26 heavy (non-hydrogen) atoms. The largest absolute Gasteiger partial charge is 0.453 e. The highest BCUT2D eigenvalue weighted by Gasteiger charge is 2.14. The molecule has 3 amide bonds. The van der Waals surface area contributed by atoms with Crippen LogP contribution in [0.15, 0.2) is 47.5 Å². The van der Waals surface area contributed by atoms with Gasteiger partial charge >= 0.3 is 12.1 Å². The molecule has 2 aromatic rings. The predicted molar refractivity (Wildman–Crippen MR) is 98.7 cm³/mol. The van der Waals surface area contributed by atoms with Gasteiger partial charge in [-0.2, -0.15) is 4.99 Å². The van der Waals surface area contributed by atoms with Crippen molar-refractivity contribution in [1.82, 2.24) is 21.0 Å². The van der Waals surface area contributed by atoms with Gasteiger partial charge in [-0.3, -0.25) is 5.32 Å². The van der Waals surface area contributed by atoms with Gasteiger partial charge in [0, 0.05) is 26.2 Å². The number of aliphatic imine (C=N–C) groups is 1. The Morgan fingerprint density at radius 1 is 1.15 bits per heavy atom. The zero-order chi connectivity index (χ0) is 18.2. The van der Waals surface area contributed by atoms with Crippen molar-refractivity contribution in [2.45, 2.75) is 6.54 Å². The van der Waals surface area contributed by atoms with Gasteiger partial charge in [-0.1, -0.05) is 42.5 Å². The lowest BCUT2D eigenvalue weighted by molar-refractivity contribution is 0.0960. The number of rotatable bonds is 4. The lowest BCUT2D eigenvalue weighted by atomic mass is 10.1. The minimum Gasteiger partial charge on any atom is -0.352 e. The van der Waals surface area contributed by atoms with Gasteiger partial charge in [0.05, 0.1) is 6.54 Å². The number of benzene rings is 2. The highest BCUT2D eigenvalue weighted by atomic mass is 16.7. The summed E-state index contributed by atoms with van der Waals surface area (Å²) in [5.41, 5.74) is 3.61. The van der Waals surface area contributed by atoms with Crippen LogP contribution in [0.1, 0.15) is 5.56 Å². The second-order valence-electron chi connectivity index (χ2n) is 5.77. The molecule has 0 radical (unpaired) electrons. The van der Waals surface area contributed by atoms with Crippen molar-refractivity contribution in [3.8, 4) is 0 Å². The Morgan fingerprint density at radius 2 is 1.92 bits per heavy atom. The second-order valence-corrected chi connectivity index (χ2v) is 5.77. The number of amides is 3. The Bertz CT molecular complexity index is 797. The number of nitrogens with zero attached hydrogens (tertiary/aromatic N) is 2. The number of fused-ring (bicyclic) bond motifs is 1. The maximum Gasteiger partial charge on any atom is 0.453 e. The van der Waals surface area contributed by atoms with Gasteiger partial charge in [0.15, 0.2) is 0 Å². The van der Waals surface area contributed by atoms with Crippen molar-refractivity contribution < 1.29 is 14.4 Å². The van der Waals surface area contributed by atoms with Crippen molar-refractivity contribution in [2.24, 2.45) is 4.99 Å². The Labute approximate surface area is 151 Å². The SMILES string of the molecule is O=C(N=CNC(=O)N1CCNCC1)ONCc1cccc2ccccc12. The number of carbonyl (C=O) groups is 2. The van der Waals surface area contributed by atoms with Crippen LogP contribution < -0.4 is 16.1 Å². The number of piperazine rings is 1. The zero-order valence-electron chi connectivity index (χ0n) is 14.3. The molecule has 0 unspecified atom stereocenters. The van der Waals surface area contributed by atoms with Crippen LogP contribution in [0.4, 0.5) is 9.59 Å². The zero-order valence-corrected chi connectivity index (χ0v) is 14.3. The summed E-state index contributed by atoms with van der Waals surface area (Å²) in [4.78, 5) is 33.5. The molecular weight excluding hydrogens is 334 g/mol. The van der Waals surface area contributed by atoms with E-state index < -0.39 is 6.09 Å². The average Bonchev–Trinajstić information content (AvgIpc) is 2.69. The van der Waals surface area contributed by atoms with Gasteiger partial charge in [0.1, 0.15) is 6.34 Å². The molecule has 0 bridgehead atoms. The van der Waals surface area contributed by atoms with Crippen LogP contribution >= 0.6 is 0 Å². The monoisotopic (exact) mass is 355 g/mol. The Morgan fingerprint density at radius 3 is 2.77 bits per heavy atom. The molecule has 1 fully saturated rings. The van der Waals surface area contributed by atoms with E-state index >= 15 is 0 Å². The summed E-state index contributed by atoms with van der Waals surface area (Å²) < 4.78 is 0. The van der Waals surface area contributed by atoms with Crippen molar-refractivity contribution in [3.05, 3.63) is 48.0 Å². The fourth-order valence-electron chi connectivity index (χ4n) is 2.75. The maximum absolute atomic E-state index is 11.8. The van der Waals surface area contributed by atoms with Gasteiger partial charge < -0.3 is 15.1 Å². The first-order valence-electron chi connectivity index (χ1n) is 8.43. The minimum atomic E-state index is -0.828. The van der Waals surface area contributed by atoms with Crippen LogP contribution in [0.25, 0.3) is 10.8 Å². The fraction of sp³-hybridized carbons (Fsp3) is 0.278.